The fourth-order valence-electron chi connectivity index (χ4n) is 1.29. The van der Waals surface area contributed by atoms with Crippen molar-refractivity contribution >= 4 is 5.78 Å². The Bertz CT molecular complexity index is 155. The van der Waals surface area contributed by atoms with E-state index in [0.717, 1.165) is 0 Å². The van der Waals surface area contributed by atoms with Crippen molar-refractivity contribution in [3.63, 3.8) is 0 Å². The molecule has 1 atom stereocenters. The average molecular weight is 187 g/mol. The first-order chi connectivity index (χ1) is 5.91. The highest BCUT2D eigenvalue weighted by molar-refractivity contribution is 5.79. The van der Waals surface area contributed by atoms with Crippen molar-refractivity contribution in [3.05, 3.63) is 0 Å². The fraction of sp³-hybridized carbons (Fsp3) is 0.900. The van der Waals surface area contributed by atoms with Gasteiger partial charge in [0.2, 0.25) is 0 Å². The third-order valence-electron chi connectivity index (χ3n) is 1.68. The third kappa shape index (κ3) is 7.94. The standard InChI is InChI=1S/C10H21NO2/c1-8(2)5-9(12)6-10(13)7-11(3)4/h8,10,13H,5-7H2,1-4H3/t10-/m1/s1. The molecule has 0 spiro atoms. The average Bonchev–Trinajstić information content (AvgIpc) is 1.80. The predicted molar refractivity (Wildman–Crippen MR) is 53.6 cm³/mol. The van der Waals surface area contributed by atoms with Gasteiger partial charge in [0.25, 0.3) is 0 Å². The molecular formula is C10H21NO2. The van der Waals surface area contributed by atoms with Gasteiger partial charge in [0.05, 0.1) is 6.10 Å². The zero-order valence-corrected chi connectivity index (χ0v) is 9.08. The van der Waals surface area contributed by atoms with Gasteiger partial charge in [-0.2, -0.15) is 0 Å². The van der Waals surface area contributed by atoms with E-state index in [4.69, 9.17) is 0 Å². The van der Waals surface area contributed by atoms with Crippen LogP contribution in [0.4, 0.5) is 0 Å². The van der Waals surface area contributed by atoms with Gasteiger partial charge in [-0.3, -0.25) is 4.79 Å². The molecule has 0 aliphatic heterocycles. The van der Waals surface area contributed by atoms with E-state index >= 15 is 0 Å². The predicted octanol–water partition coefficient (Wildman–Crippen LogP) is 0.914. The van der Waals surface area contributed by atoms with Gasteiger partial charge < -0.3 is 10.0 Å². The summed E-state index contributed by atoms with van der Waals surface area (Å²) < 4.78 is 0. The molecule has 0 saturated carbocycles. The number of hydrogen-bond acceptors (Lipinski definition) is 3. The van der Waals surface area contributed by atoms with Gasteiger partial charge >= 0.3 is 0 Å². The lowest BCUT2D eigenvalue weighted by atomic mass is 10.0. The number of aliphatic hydroxyl groups excluding tert-OH is 1. The Hall–Kier alpha value is -0.410. The van der Waals surface area contributed by atoms with Crippen molar-refractivity contribution in [2.24, 2.45) is 5.92 Å². The van der Waals surface area contributed by atoms with Crippen molar-refractivity contribution in [2.45, 2.75) is 32.8 Å². The van der Waals surface area contributed by atoms with E-state index in [9.17, 15) is 9.90 Å². The summed E-state index contributed by atoms with van der Waals surface area (Å²) in [4.78, 5) is 13.1. The largest absolute Gasteiger partial charge is 0.391 e. The lowest BCUT2D eigenvalue weighted by Crippen LogP contribution is -2.28. The minimum absolute atomic E-state index is 0.157. The topological polar surface area (TPSA) is 40.5 Å². The van der Waals surface area contributed by atoms with Crippen LogP contribution in [0.2, 0.25) is 0 Å². The molecule has 0 aliphatic rings. The molecule has 13 heavy (non-hydrogen) atoms. The second-order valence-corrected chi connectivity index (χ2v) is 4.26. The van der Waals surface area contributed by atoms with Crippen LogP contribution < -0.4 is 0 Å². The quantitative estimate of drug-likeness (QED) is 0.672. The maximum atomic E-state index is 11.3. The molecule has 0 aromatic carbocycles. The monoisotopic (exact) mass is 187 g/mol. The number of likely N-dealkylation sites (N-methyl/N-ethyl adjacent to an activating group) is 1. The maximum Gasteiger partial charge on any atom is 0.135 e. The van der Waals surface area contributed by atoms with E-state index in [0.29, 0.717) is 18.9 Å². The summed E-state index contributed by atoms with van der Waals surface area (Å²) in [6.45, 7) is 4.58. The molecule has 1 N–H and O–H groups in total. The molecule has 78 valence electrons. The maximum absolute atomic E-state index is 11.3. The normalized spacial score (nSPS) is 13.8. The SMILES string of the molecule is CC(C)CC(=O)C[C@@H](O)CN(C)C. The number of carbonyl (C=O) groups excluding carboxylic acids is 1. The molecule has 0 aromatic heterocycles. The Morgan fingerprint density at radius 1 is 1.31 bits per heavy atom. The molecule has 3 heteroatoms. The lowest BCUT2D eigenvalue weighted by Gasteiger charge is -2.15. The van der Waals surface area contributed by atoms with Gasteiger partial charge in [0, 0.05) is 19.4 Å². The van der Waals surface area contributed by atoms with Gasteiger partial charge in [-0.15, -0.1) is 0 Å². The Morgan fingerprint density at radius 2 is 1.85 bits per heavy atom. The molecule has 0 saturated heterocycles. The van der Waals surface area contributed by atoms with E-state index in [2.05, 4.69) is 0 Å². The zero-order valence-electron chi connectivity index (χ0n) is 9.08. The molecule has 0 heterocycles. The smallest absolute Gasteiger partial charge is 0.135 e. The lowest BCUT2D eigenvalue weighted by molar-refractivity contribution is -0.121. The first-order valence-electron chi connectivity index (χ1n) is 4.76. The second-order valence-electron chi connectivity index (χ2n) is 4.26. The molecule has 0 bridgehead atoms. The first kappa shape index (κ1) is 12.6. The van der Waals surface area contributed by atoms with E-state index in [1.54, 1.807) is 0 Å². The fourth-order valence-corrected chi connectivity index (χ4v) is 1.29. The van der Waals surface area contributed by atoms with E-state index in [1.807, 2.05) is 32.8 Å². The molecule has 0 radical (unpaired) electrons. The van der Waals surface area contributed by atoms with Gasteiger partial charge in [-0.05, 0) is 20.0 Å². The van der Waals surface area contributed by atoms with Crippen LogP contribution in [0.3, 0.4) is 0 Å². The number of carbonyl (C=O) groups is 1. The number of aliphatic hydroxyl groups is 1. The van der Waals surface area contributed by atoms with Gasteiger partial charge in [-0.1, -0.05) is 13.8 Å². The van der Waals surface area contributed by atoms with Crippen molar-refractivity contribution in [2.75, 3.05) is 20.6 Å². The molecule has 0 rings (SSSR count). The molecule has 0 aliphatic carbocycles. The first-order valence-corrected chi connectivity index (χ1v) is 4.76. The van der Waals surface area contributed by atoms with Gasteiger partial charge in [-0.25, -0.2) is 0 Å². The van der Waals surface area contributed by atoms with Crippen LogP contribution in [0.15, 0.2) is 0 Å². The van der Waals surface area contributed by atoms with E-state index in [1.165, 1.54) is 0 Å². The van der Waals surface area contributed by atoms with Crippen molar-refractivity contribution < 1.29 is 9.90 Å². The van der Waals surface area contributed by atoms with Crippen LogP contribution >= 0.6 is 0 Å². The Kier molecular flexibility index (Phi) is 5.91. The van der Waals surface area contributed by atoms with Crippen LogP contribution in [-0.2, 0) is 4.79 Å². The highest BCUT2D eigenvalue weighted by Crippen LogP contribution is 2.05. The zero-order chi connectivity index (χ0) is 10.4. The number of nitrogens with zero attached hydrogens (tertiary/aromatic N) is 1. The van der Waals surface area contributed by atoms with Crippen LogP contribution in [0.25, 0.3) is 0 Å². The molecule has 0 aromatic rings. The van der Waals surface area contributed by atoms with Crippen LogP contribution in [-0.4, -0.2) is 42.5 Å². The van der Waals surface area contributed by atoms with E-state index < -0.39 is 6.10 Å². The van der Waals surface area contributed by atoms with Crippen LogP contribution in [0, 0.1) is 5.92 Å². The van der Waals surface area contributed by atoms with Crippen molar-refractivity contribution in [3.8, 4) is 0 Å². The van der Waals surface area contributed by atoms with Crippen LogP contribution in [0.5, 0.6) is 0 Å². The highest BCUT2D eigenvalue weighted by Gasteiger charge is 2.12. The summed E-state index contributed by atoms with van der Waals surface area (Å²) in [5.74, 6) is 0.545. The summed E-state index contributed by atoms with van der Waals surface area (Å²) in [5, 5.41) is 9.44. The van der Waals surface area contributed by atoms with E-state index in [-0.39, 0.29) is 12.2 Å². The van der Waals surface area contributed by atoms with Crippen molar-refractivity contribution in [1.82, 2.24) is 4.90 Å². The minimum Gasteiger partial charge on any atom is -0.391 e. The molecular weight excluding hydrogens is 166 g/mol. The number of ketones is 1. The molecule has 0 fully saturated rings. The number of Topliss-reactive ketones (excluding diaryl/α,β-unsaturated/α-hetero) is 1. The Morgan fingerprint density at radius 3 is 2.23 bits per heavy atom. The second kappa shape index (κ2) is 6.11. The van der Waals surface area contributed by atoms with Crippen LogP contribution in [0.1, 0.15) is 26.7 Å². The van der Waals surface area contributed by atoms with Gasteiger partial charge in [0.1, 0.15) is 5.78 Å². The third-order valence-corrected chi connectivity index (χ3v) is 1.68. The number of hydrogen-bond donors (Lipinski definition) is 1. The number of rotatable bonds is 6. The Balaban J connectivity index is 3.65. The summed E-state index contributed by atoms with van der Waals surface area (Å²) in [6.07, 6.45) is 0.349. The minimum atomic E-state index is -0.513. The summed E-state index contributed by atoms with van der Waals surface area (Å²) in [5.41, 5.74) is 0. The summed E-state index contributed by atoms with van der Waals surface area (Å²) in [6, 6.07) is 0. The molecule has 3 nitrogen and oxygen atoms in total. The Labute approximate surface area is 80.7 Å². The van der Waals surface area contributed by atoms with Crippen molar-refractivity contribution in [1.29, 1.82) is 0 Å². The summed E-state index contributed by atoms with van der Waals surface area (Å²) in [7, 11) is 3.77. The molecule has 0 unspecified atom stereocenters. The highest BCUT2D eigenvalue weighted by atomic mass is 16.3. The van der Waals surface area contributed by atoms with Gasteiger partial charge in [0.15, 0.2) is 0 Å². The molecule has 0 amide bonds. The summed E-state index contributed by atoms with van der Waals surface area (Å²) >= 11 is 0.